The topological polar surface area (TPSA) is 82.2 Å². The summed E-state index contributed by atoms with van der Waals surface area (Å²) in [5, 5.41) is 12.5. The third kappa shape index (κ3) is 4.55. The van der Waals surface area contributed by atoms with E-state index in [2.05, 4.69) is 16.4 Å². The molecule has 0 spiro atoms. The minimum absolute atomic E-state index is 0.0195. The number of amides is 1. The summed E-state index contributed by atoms with van der Waals surface area (Å²) in [5.41, 5.74) is 1.51. The van der Waals surface area contributed by atoms with Crippen LogP contribution in [0.5, 0.6) is 0 Å². The maximum absolute atomic E-state index is 12.4. The second-order valence-electron chi connectivity index (χ2n) is 7.68. The molecule has 1 aliphatic rings. The molecular formula is C21H26N4O2. The standard InChI is InChI=1S/C21H26N4O2/c1-15-18(24-20(27-15)16-8-5-4-6-9-16)12-21(2,3)23-14-19(26)25-11-7-10-17(25)13-22/h4-6,8-9,17,23H,7,10-12,14H2,1-3H3. The molecule has 1 N–H and O–H groups in total. The lowest BCUT2D eigenvalue weighted by atomic mass is 9.97. The Bertz CT molecular complexity index is 836. The van der Waals surface area contributed by atoms with Gasteiger partial charge in [0.15, 0.2) is 0 Å². The average molecular weight is 366 g/mol. The van der Waals surface area contributed by atoms with Crippen LogP contribution in [0.1, 0.15) is 38.1 Å². The van der Waals surface area contributed by atoms with Crippen LogP contribution in [-0.2, 0) is 11.2 Å². The van der Waals surface area contributed by atoms with Crippen molar-refractivity contribution in [2.75, 3.05) is 13.1 Å². The van der Waals surface area contributed by atoms with E-state index in [4.69, 9.17) is 9.68 Å². The fraction of sp³-hybridized carbons (Fsp3) is 0.476. The predicted molar refractivity (Wildman–Crippen MR) is 103 cm³/mol. The zero-order valence-electron chi connectivity index (χ0n) is 16.2. The third-order valence-electron chi connectivity index (χ3n) is 4.96. The molecule has 1 aromatic carbocycles. The minimum Gasteiger partial charge on any atom is -0.441 e. The number of carbonyl (C=O) groups excluding carboxylic acids is 1. The van der Waals surface area contributed by atoms with Crippen LogP contribution in [0.15, 0.2) is 34.7 Å². The summed E-state index contributed by atoms with van der Waals surface area (Å²) in [7, 11) is 0. The number of aryl methyl sites for hydroxylation is 1. The van der Waals surface area contributed by atoms with Gasteiger partial charge < -0.3 is 14.6 Å². The molecule has 142 valence electrons. The Hall–Kier alpha value is -2.65. The highest BCUT2D eigenvalue weighted by Crippen LogP contribution is 2.24. The number of nitrogens with one attached hydrogen (secondary N) is 1. The van der Waals surface area contributed by atoms with E-state index in [1.807, 2.05) is 51.1 Å². The van der Waals surface area contributed by atoms with E-state index < -0.39 is 0 Å². The number of nitriles is 1. The van der Waals surface area contributed by atoms with Crippen LogP contribution in [0.25, 0.3) is 11.5 Å². The van der Waals surface area contributed by atoms with Crippen molar-refractivity contribution in [2.24, 2.45) is 0 Å². The number of aromatic nitrogens is 1. The van der Waals surface area contributed by atoms with Crippen molar-refractivity contribution in [3.63, 3.8) is 0 Å². The maximum Gasteiger partial charge on any atom is 0.237 e. The van der Waals surface area contributed by atoms with Crippen molar-refractivity contribution in [3.05, 3.63) is 41.8 Å². The van der Waals surface area contributed by atoms with E-state index >= 15 is 0 Å². The van der Waals surface area contributed by atoms with Gasteiger partial charge in [-0.2, -0.15) is 5.26 Å². The first-order valence-electron chi connectivity index (χ1n) is 9.35. The molecule has 0 saturated carbocycles. The molecule has 1 atom stereocenters. The Morgan fingerprint density at radius 1 is 1.41 bits per heavy atom. The summed E-state index contributed by atoms with van der Waals surface area (Å²) in [5.74, 6) is 1.39. The van der Waals surface area contributed by atoms with Gasteiger partial charge in [0.25, 0.3) is 0 Å². The van der Waals surface area contributed by atoms with Crippen molar-refractivity contribution in [1.29, 1.82) is 5.26 Å². The molecule has 1 amide bonds. The maximum atomic E-state index is 12.4. The first kappa shape index (κ1) is 19.1. The van der Waals surface area contributed by atoms with Gasteiger partial charge in [0.1, 0.15) is 11.8 Å². The molecule has 1 unspecified atom stereocenters. The normalized spacial score (nSPS) is 17.1. The summed E-state index contributed by atoms with van der Waals surface area (Å²) >= 11 is 0. The van der Waals surface area contributed by atoms with Crippen molar-refractivity contribution < 1.29 is 9.21 Å². The summed E-state index contributed by atoms with van der Waals surface area (Å²) in [6.07, 6.45) is 2.31. The molecule has 0 bridgehead atoms. The molecule has 2 aromatic rings. The molecule has 27 heavy (non-hydrogen) atoms. The highest BCUT2D eigenvalue weighted by Gasteiger charge is 2.30. The number of oxazole rings is 1. The van der Waals surface area contributed by atoms with Gasteiger partial charge in [-0.3, -0.25) is 4.79 Å². The fourth-order valence-corrected chi connectivity index (χ4v) is 3.39. The smallest absolute Gasteiger partial charge is 0.237 e. The first-order chi connectivity index (χ1) is 12.9. The monoisotopic (exact) mass is 366 g/mol. The number of nitrogens with zero attached hydrogens (tertiary/aromatic N) is 3. The molecule has 1 saturated heterocycles. The third-order valence-corrected chi connectivity index (χ3v) is 4.96. The quantitative estimate of drug-likeness (QED) is 0.849. The van der Waals surface area contributed by atoms with E-state index in [1.165, 1.54) is 0 Å². The highest BCUT2D eigenvalue weighted by atomic mass is 16.4. The van der Waals surface area contributed by atoms with E-state index in [9.17, 15) is 4.79 Å². The Labute approximate surface area is 160 Å². The van der Waals surface area contributed by atoms with E-state index in [-0.39, 0.29) is 24.0 Å². The lowest BCUT2D eigenvalue weighted by Gasteiger charge is -2.27. The highest BCUT2D eigenvalue weighted by molar-refractivity contribution is 5.79. The van der Waals surface area contributed by atoms with Gasteiger partial charge in [0.2, 0.25) is 11.8 Å². The summed E-state index contributed by atoms with van der Waals surface area (Å²) in [6, 6.07) is 11.7. The average Bonchev–Trinajstić information content (AvgIpc) is 3.27. The van der Waals surface area contributed by atoms with Crippen LogP contribution in [0, 0.1) is 18.3 Å². The van der Waals surface area contributed by atoms with Gasteiger partial charge in [-0.15, -0.1) is 0 Å². The number of rotatable bonds is 6. The second kappa shape index (κ2) is 7.93. The summed E-state index contributed by atoms with van der Waals surface area (Å²) < 4.78 is 5.83. The van der Waals surface area contributed by atoms with Crippen molar-refractivity contribution in [2.45, 2.75) is 51.6 Å². The van der Waals surface area contributed by atoms with Gasteiger partial charge in [-0.05, 0) is 45.7 Å². The van der Waals surface area contributed by atoms with E-state index in [1.54, 1.807) is 4.90 Å². The molecule has 1 aliphatic heterocycles. The van der Waals surface area contributed by atoms with Gasteiger partial charge in [0, 0.05) is 24.1 Å². The number of hydrogen-bond acceptors (Lipinski definition) is 5. The van der Waals surface area contributed by atoms with Crippen LogP contribution in [0.2, 0.25) is 0 Å². The molecule has 2 heterocycles. The molecule has 3 rings (SSSR count). The van der Waals surface area contributed by atoms with Crippen LogP contribution in [0.3, 0.4) is 0 Å². The van der Waals surface area contributed by atoms with Crippen LogP contribution in [0.4, 0.5) is 0 Å². The molecule has 1 fully saturated rings. The minimum atomic E-state index is -0.326. The number of carbonyl (C=O) groups is 1. The summed E-state index contributed by atoms with van der Waals surface area (Å²) in [6.45, 7) is 6.89. The SMILES string of the molecule is Cc1oc(-c2ccccc2)nc1CC(C)(C)NCC(=O)N1CCCC1C#N. The Kier molecular flexibility index (Phi) is 5.62. The number of likely N-dealkylation sites (tertiary alicyclic amines) is 1. The van der Waals surface area contributed by atoms with E-state index in [0.29, 0.717) is 18.9 Å². The van der Waals surface area contributed by atoms with Gasteiger partial charge >= 0.3 is 0 Å². The predicted octanol–water partition coefficient (Wildman–Crippen LogP) is 3.08. The second-order valence-corrected chi connectivity index (χ2v) is 7.68. The van der Waals surface area contributed by atoms with Crippen molar-refractivity contribution in [3.8, 4) is 17.5 Å². The van der Waals surface area contributed by atoms with Crippen LogP contribution >= 0.6 is 0 Å². The van der Waals surface area contributed by atoms with E-state index in [0.717, 1.165) is 29.9 Å². The number of hydrogen-bond donors (Lipinski definition) is 1. The molecule has 6 heteroatoms. The molecule has 1 aromatic heterocycles. The zero-order valence-corrected chi connectivity index (χ0v) is 16.2. The fourth-order valence-electron chi connectivity index (χ4n) is 3.39. The zero-order chi connectivity index (χ0) is 19.4. The molecule has 0 aliphatic carbocycles. The Morgan fingerprint density at radius 3 is 2.85 bits per heavy atom. The molecule has 0 radical (unpaired) electrons. The first-order valence-corrected chi connectivity index (χ1v) is 9.35. The lowest BCUT2D eigenvalue weighted by molar-refractivity contribution is -0.130. The van der Waals surface area contributed by atoms with Gasteiger partial charge in [0.05, 0.1) is 18.3 Å². The number of benzene rings is 1. The Balaban J connectivity index is 1.62. The van der Waals surface area contributed by atoms with Crippen molar-refractivity contribution >= 4 is 5.91 Å². The van der Waals surface area contributed by atoms with Crippen LogP contribution < -0.4 is 5.32 Å². The largest absolute Gasteiger partial charge is 0.441 e. The van der Waals surface area contributed by atoms with Gasteiger partial charge in [-0.25, -0.2) is 4.98 Å². The summed E-state index contributed by atoms with van der Waals surface area (Å²) in [4.78, 5) is 18.8. The van der Waals surface area contributed by atoms with Crippen molar-refractivity contribution in [1.82, 2.24) is 15.2 Å². The molecule has 6 nitrogen and oxygen atoms in total. The van der Waals surface area contributed by atoms with Gasteiger partial charge in [-0.1, -0.05) is 18.2 Å². The van der Waals surface area contributed by atoms with Crippen LogP contribution in [-0.4, -0.2) is 40.5 Å². The Morgan fingerprint density at radius 2 is 2.15 bits per heavy atom. The lowest BCUT2D eigenvalue weighted by Crippen LogP contribution is -2.48. The molecular weight excluding hydrogens is 340 g/mol.